The molecule has 154 valence electrons. The minimum Gasteiger partial charge on any atom is -0.318 e. The maximum absolute atomic E-state index is 12.0. The molecule has 0 aliphatic carbocycles. The SMILES string of the molecule is Cc1ccc(NC(=O)C(=O)N/N=C\c2cc(C)n(-c3cccc(Cl)c3Cl)c2C)cc1. The van der Waals surface area contributed by atoms with E-state index in [1.54, 1.807) is 18.2 Å². The molecule has 30 heavy (non-hydrogen) atoms. The molecule has 2 amide bonds. The van der Waals surface area contributed by atoms with Gasteiger partial charge in [0.2, 0.25) is 0 Å². The van der Waals surface area contributed by atoms with Crippen LogP contribution < -0.4 is 10.7 Å². The number of nitrogens with zero attached hydrogens (tertiary/aromatic N) is 2. The van der Waals surface area contributed by atoms with E-state index in [9.17, 15) is 9.59 Å². The van der Waals surface area contributed by atoms with Crippen molar-refractivity contribution in [2.75, 3.05) is 5.32 Å². The number of hydrogen-bond donors (Lipinski definition) is 2. The smallest absolute Gasteiger partial charge is 0.318 e. The molecule has 0 unspecified atom stereocenters. The van der Waals surface area contributed by atoms with Crippen LogP contribution in [-0.4, -0.2) is 22.6 Å². The summed E-state index contributed by atoms with van der Waals surface area (Å²) in [6, 6.07) is 14.4. The largest absolute Gasteiger partial charge is 0.329 e. The van der Waals surface area contributed by atoms with Crippen LogP contribution in [0.3, 0.4) is 0 Å². The van der Waals surface area contributed by atoms with Crippen molar-refractivity contribution in [3.05, 3.63) is 81.1 Å². The van der Waals surface area contributed by atoms with Gasteiger partial charge in [0.1, 0.15) is 0 Å². The van der Waals surface area contributed by atoms with E-state index >= 15 is 0 Å². The molecule has 2 N–H and O–H groups in total. The van der Waals surface area contributed by atoms with Crippen LogP contribution in [-0.2, 0) is 9.59 Å². The number of aromatic nitrogens is 1. The lowest BCUT2D eigenvalue weighted by molar-refractivity contribution is -0.136. The first-order valence-corrected chi connectivity index (χ1v) is 9.88. The van der Waals surface area contributed by atoms with Crippen molar-refractivity contribution in [1.82, 2.24) is 9.99 Å². The molecule has 8 heteroatoms. The van der Waals surface area contributed by atoms with Crippen molar-refractivity contribution in [3.63, 3.8) is 0 Å². The third kappa shape index (κ3) is 4.72. The maximum Gasteiger partial charge on any atom is 0.329 e. The molecule has 3 aromatic rings. The van der Waals surface area contributed by atoms with E-state index in [-0.39, 0.29) is 0 Å². The quantitative estimate of drug-likeness (QED) is 0.345. The molecule has 1 aromatic heterocycles. The number of aryl methyl sites for hydroxylation is 2. The molecule has 0 spiro atoms. The van der Waals surface area contributed by atoms with Gasteiger partial charge in [-0.1, -0.05) is 47.0 Å². The molecule has 6 nitrogen and oxygen atoms in total. The Kier molecular flexibility index (Phi) is 6.59. The van der Waals surface area contributed by atoms with Crippen LogP contribution in [0.25, 0.3) is 5.69 Å². The molecule has 0 aliphatic heterocycles. The molecule has 0 aliphatic rings. The Bertz CT molecular complexity index is 1130. The van der Waals surface area contributed by atoms with Gasteiger partial charge in [0.05, 0.1) is 21.9 Å². The average Bonchev–Trinajstić information content (AvgIpc) is 2.99. The van der Waals surface area contributed by atoms with Crippen LogP contribution in [0, 0.1) is 20.8 Å². The van der Waals surface area contributed by atoms with Gasteiger partial charge in [-0.05, 0) is 51.1 Å². The molecular formula is C22H20Cl2N4O2. The zero-order chi connectivity index (χ0) is 21.8. The zero-order valence-corrected chi connectivity index (χ0v) is 18.2. The summed E-state index contributed by atoms with van der Waals surface area (Å²) in [6.45, 7) is 5.76. The minimum absolute atomic E-state index is 0.450. The third-order valence-electron chi connectivity index (χ3n) is 4.53. The number of amides is 2. The van der Waals surface area contributed by atoms with Gasteiger partial charge in [-0.25, -0.2) is 5.43 Å². The first-order valence-electron chi connectivity index (χ1n) is 9.12. The fraction of sp³-hybridized carbons (Fsp3) is 0.136. The van der Waals surface area contributed by atoms with E-state index in [0.29, 0.717) is 15.7 Å². The normalized spacial score (nSPS) is 11.0. The number of rotatable bonds is 4. The first-order chi connectivity index (χ1) is 14.3. The van der Waals surface area contributed by atoms with E-state index in [1.807, 2.05) is 55.7 Å². The Balaban J connectivity index is 1.71. The summed E-state index contributed by atoms with van der Waals surface area (Å²) in [4.78, 5) is 24.0. The first kappa shape index (κ1) is 21.6. The Labute approximate surface area is 184 Å². The highest BCUT2D eigenvalue weighted by Gasteiger charge is 2.15. The second-order valence-electron chi connectivity index (χ2n) is 6.75. The summed E-state index contributed by atoms with van der Waals surface area (Å²) in [5, 5.41) is 7.34. The molecule has 0 saturated heterocycles. The molecule has 0 radical (unpaired) electrons. The van der Waals surface area contributed by atoms with Crippen LogP contribution in [0.15, 0.2) is 53.6 Å². The van der Waals surface area contributed by atoms with Gasteiger partial charge in [-0.2, -0.15) is 5.10 Å². The number of carbonyl (C=O) groups is 2. The van der Waals surface area contributed by atoms with Crippen molar-refractivity contribution in [1.29, 1.82) is 0 Å². The predicted molar refractivity (Wildman–Crippen MR) is 121 cm³/mol. The molecule has 0 bridgehead atoms. The van der Waals surface area contributed by atoms with Crippen LogP contribution in [0.4, 0.5) is 5.69 Å². The summed E-state index contributed by atoms with van der Waals surface area (Å²) in [5.41, 5.74) is 7.12. The molecule has 0 atom stereocenters. The van der Waals surface area contributed by atoms with Gasteiger partial charge in [0, 0.05) is 22.6 Å². The van der Waals surface area contributed by atoms with Gasteiger partial charge in [-0.3, -0.25) is 9.59 Å². The van der Waals surface area contributed by atoms with E-state index in [0.717, 1.165) is 28.2 Å². The van der Waals surface area contributed by atoms with Crippen molar-refractivity contribution in [2.45, 2.75) is 20.8 Å². The second kappa shape index (κ2) is 9.15. The molecular weight excluding hydrogens is 423 g/mol. The zero-order valence-electron chi connectivity index (χ0n) is 16.7. The van der Waals surface area contributed by atoms with Crippen LogP contribution in [0.2, 0.25) is 10.0 Å². The number of nitrogens with one attached hydrogen (secondary N) is 2. The Morgan fingerprint density at radius 2 is 1.70 bits per heavy atom. The summed E-state index contributed by atoms with van der Waals surface area (Å²) in [7, 11) is 0. The molecule has 2 aromatic carbocycles. The summed E-state index contributed by atoms with van der Waals surface area (Å²) in [6.07, 6.45) is 1.48. The van der Waals surface area contributed by atoms with Crippen LogP contribution in [0.5, 0.6) is 0 Å². The van der Waals surface area contributed by atoms with E-state index in [2.05, 4.69) is 15.8 Å². The Morgan fingerprint density at radius 1 is 1.00 bits per heavy atom. The highest BCUT2D eigenvalue weighted by Crippen LogP contribution is 2.31. The Hall–Kier alpha value is -3.09. The minimum atomic E-state index is -0.862. The van der Waals surface area contributed by atoms with E-state index in [1.165, 1.54) is 6.21 Å². The van der Waals surface area contributed by atoms with E-state index in [4.69, 9.17) is 23.2 Å². The molecule has 1 heterocycles. The Morgan fingerprint density at radius 3 is 2.40 bits per heavy atom. The van der Waals surface area contributed by atoms with E-state index < -0.39 is 11.8 Å². The fourth-order valence-corrected chi connectivity index (χ4v) is 3.37. The lowest BCUT2D eigenvalue weighted by atomic mass is 10.2. The van der Waals surface area contributed by atoms with Crippen molar-refractivity contribution >= 4 is 46.9 Å². The van der Waals surface area contributed by atoms with Gasteiger partial charge >= 0.3 is 11.8 Å². The number of carbonyl (C=O) groups excluding carboxylic acids is 2. The standard InChI is InChI=1S/C22H20Cl2N4O2/c1-13-7-9-17(10-8-13)26-21(29)22(30)27-25-12-16-11-14(2)28(15(16)3)19-6-4-5-18(23)20(19)24/h4-12H,1-3H3,(H,26,29)(H,27,30)/b25-12-. The predicted octanol–water partition coefficient (Wildman–Crippen LogP) is 4.80. The lowest BCUT2D eigenvalue weighted by Gasteiger charge is -2.12. The lowest BCUT2D eigenvalue weighted by Crippen LogP contribution is -2.32. The highest BCUT2D eigenvalue weighted by molar-refractivity contribution is 6.43. The monoisotopic (exact) mass is 442 g/mol. The number of hydrogen-bond acceptors (Lipinski definition) is 3. The highest BCUT2D eigenvalue weighted by atomic mass is 35.5. The van der Waals surface area contributed by atoms with Crippen molar-refractivity contribution < 1.29 is 9.59 Å². The van der Waals surface area contributed by atoms with Crippen LogP contribution >= 0.6 is 23.2 Å². The average molecular weight is 443 g/mol. The van der Waals surface area contributed by atoms with Crippen LogP contribution in [0.1, 0.15) is 22.5 Å². The maximum atomic E-state index is 12.0. The van der Waals surface area contributed by atoms with Gasteiger partial charge in [-0.15, -0.1) is 0 Å². The summed E-state index contributed by atoms with van der Waals surface area (Å²) < 4.78 is 1.95. The third-order valence-corrected chi connectivity index (χ3v) is 5.34. The van der Waals surface area contributed by atoms with Gasteiger partial charge in [0.15, 0.2) is 0 Å². The summed E-state index contributed by atoms with van der Waals surface area (Å²) in [5.74, 6) is -1.66. The molecule has 0 fully saturated rings. The number of benzene rings is 2. The topological polar surface area (TPSA) is 75.5 Å². The molecule has 3 rings (SSSR count). The van der Waals surface area contributed by atoms with Gasteiger partial charge < -0.3 is 9.88 Å². The number of halogens is 2. The van der Waals surface area contributed by atoms with Gasteiger partial charge in [0.25, 0.3) is 0 Å². The number of anilines is 1. The molecule has 0 saturated carbocycles. The fourth-order valence-electron chi connectivity index (χ4n) is 2.99. The second-order valence-corrected chi connectivity index (χ2v) is 7.54. The van der Waals surface area contributed by atoms with Crippen molar-refractivity contribution in [2.24, 2.45) is 5.10 Å². The van der Waals surface area contributed by atoms with Crippen molar-refractivity contribution in [3.8, 4) is 5.69 Å². The number of hydrazone groups is 1. The summed E-state index contributed by atoms with van der Waals surface area (Å²) >= 11 is 12.5.